The SMILES string of the molecule is CCCN1C(=O)C2(c3ccccc31)c1c(oc3ccccc3c1=O)C(=O)N2c1nnc(SCc2ccc(Cl)cc2Cl)s1. The molecule has 210 valence electrons. The van der Waals surface area contributed by atoms with Gasteiger partial charge >= 0.3 is 0 Å². The number of para-hydroxylation sites is 2. The van der Waals surface area contributed by atoms with Gasteiger partial charge in [-0.2, -0.15) is 0 Å². The van der Waals surface area contributed by atoms with Crippen molar-refractivity contribution in [1.29, 1.82) is 0 Å². The molecule has 4 heterocycles. The Morgan fingerprint density at radius 2 is 1.79 bits per heavy atom. The number of thioether (sulfide) groups is 1. The number of anilines is 2. The van der Waals surface area contributed by atoms with E-state index in [1.54, 1.807) is 53.4 Å². The van der Waals surface area contributed by atoms with Gasteiger partial charge in [0.1, 0.15) is 5.58 Å². The molecule has 42 heavy (non-hydrogen) atoms. The maximum Gasteiger partial charge on any atom is 0.297 e. The Labute approximate surface area is 257 Å². The molecule has 2 amide bonds. The molecule has 3 aromatic carbocycles. The fourth-order valence-electron chi connectivity index (χ4n) is 5.68. The molecule has 2 aliphatic heterocycles. The maximum atomic E-state index is 14.6. The summed E-state index contributed by atoms with van der Waals surface area (Å²) in [6.45, 7) is 2.38. The van der Waals surface area contributed by atoms with Crippen LogP contribution in [0.1, 0.15) is 40.6 Å². The molecule has 1 spiro atoms. The van der Waals surface area contributed by atoms with Crippen LogP contribution in [0.2, 0.25) is 10.0 Å². The third kappa shape index (κ3) is 3.86. The summed E-state index contributed by atoms with van der Waals surface area (Å²) < 4.78 is 6.65. The summed E-state index contributed by atoms with van der Waals surface area (Å²) in [6.07, 6.45) is 0.677. The van der Waals surface area contributed by atoms with Gasteiger partial charge < -0.3 is 9.32 Å². The quantitative estimate of drug-likeness (QED) is 0.148. The van der Waals surface area contributed by atoms with E-state index in [9.17, 15) is 14.4 Å². The average molecular weight is 636 g/mol. The number of rotatable bonds is 6. The highest BCUT2D eigenvalue weighted by Gasteiger charge is 2.66. The molecule has 2 aliphatic rings. The molecule has 0 saturated carbocycles. The van der Waals surface area contributed by atoms with Crippen LogP contribution in [-0.4, -0.2) is 28.6 Å². The fraction of sp³-hybridized carbons (Fsp3) is 0.167. The number of amides is 2. The summed E-state index contributed by atoms with van der Waals surface area (Å²) in [5, 5.41) is 10.2. The van der Waals surface area contributed by atoms with Gasteiger partial charge in [0.15, 0.2) is 15.3 Å². The first kappa shape index (κ1) is 27.2. The highest BCUT2D eigenvalue weighted by atomic mass is 35.5. The Morgan fingerprint density at radius 3 is 2.60 bits per heavy atom. The summed E-state index contributed by atoms with van der Waals surface area (Å²) in [5.74, 6) is -0.709. The summed E-state index contributed by atoms with van der Waals surface area (Å²) in [7, 11) is 0. The van der Waals surface area contributed by atoms with Gasteiger partial charge in [-0.15, -0.1) is 10.2 Å². The first-order chi connectivity index (χ1) is 20.4. The molecule has 8 nitrogen and oxygen atoms in total. The lowest BCUT2D eigenvalue weighted by Gasteiger charge is -2.32. The smallest absolute Gasteiger partial charge is 0.297 e. The van der Waals surface area contributed by atoms with Gasteiger partial charge in [0, 0.05) is 27.9 Å². The molecule has 0 bridgehead atoms. The number of carbonyl (C=O) groups is 2. The van der Waals surface area contributed by atoms with E-state index < -0.39 is 22.8 Å². The van der Waals surface area contributed by atoms with Gasteiger partial charge in [-0.25, -0.2) is 0 Å². The summed E-state index contributed by atoms with van der Waals surface area (Å²) in [4.78, 5) is 46.0. The number of fused-ring (bicyclic) bond motifs is 5. The molecular formula is C30H20Cl2N4O4S2. The van der Waals surface area contributed by atoms with E-state index in [-0.39, 0.29) is 27.4 Å². The standard InChI is InChI=1S/C30H20Cl2N4O4S2/c1-2-13-35-21-9-5-4-8-19(21)30(27(35)39)23-24(37)18-7-3-6-10-22(18)40-25(23)26(38)36(30)28-33-34-29(42-28)41-15-16-11-12-17(31)14-20(16)32/h3-12,14H,2,13,15H2,1H3. The van der Waals surface area contributed by atoms with Gasteiger partial charge in [-0.05, 0) is 42.3 Å². The molecule has 5 aromatic rings. The third-order valence-corrected chi connectivity index (χ3v) is 10.1. The number of nitrogens with zero attached hydrogens (tertiary/aromatic N) is 4. The van der Waals surface area contributed by atoms with Crippen molar-refractivity contribution in [1.82, 2.24) is 10.2 Å². The normalized spacial score (nSPS) is 17.5. The minimum Gasteiger partial charge on any atom is -0.450 e. The lowest BCUT2D eigenvalue weighted by Crippen LogP contribution is -2.53. The minimum atomic E-state index is -1.79. The first-order valence-corrected chi connectivity index (χ1v) is 15.6. The molecule has 7 rings (SSSR count). The predicted octanol–water partition coefficient (Wildman–Crippen LogP) is 6.90. The topological polar surface area (TPSA) is 96.6 Å². The van der Waals surface area contributed by atoms with Crippen LogP contribution in [0.3, 0.4) is 0 Å². The lowest BCUT2D eigenvalue weighted by molar-refractivity contribution is -0.121. The van der Waals surface area contributed by atoms with Crippen molar-refractivity contribution >= 4 is 79.9 Å². The van der Waals surface area contributed by atoms with Crippen LogP contribution < -0.4 is 15.2 Å². The van der Waals surface area contributed by atoms with E-state index in [0.717, 1.165) is 16.9 Å². The molecule has 0 N–H and O–H groups in total. The largest absolute Gasteiger partial charge is 0.450 e. The number of carbonyl (C=O) groups excluding carboxylic acids is 2. The molecular weight excluding hydrogens is 615 g/mol. The average Bonchev–Trinajstić information content (AvgIpc) is 3.62. The van der Waals surface area contributed by atoms with Crippen LogP contribution in [0.15, 0.2) is 80.3 Å². The van der Waals surface area contributed by atoms with Gasteiger partial charge in [-0.3, -0.25) is 19.3 Å². The monoisotopic (exact) mass is 634 g/mol. The zero-order valence-electron chi connectivity index (χ0n) is 22.0. The molecule has 0 saturated heterocycles. The summed E-state index contributed by atoms with van der Waals surface area (Å²) >= 11 is 14.9. The van der Waals surface area contributed by atoms with Crippen molar-refractivity contribution in [3.05, 3.63) is 109 Å². The van der Waals surface area contributed by atoms with E-state index in [0.29, 0.717) is 44.4 Å². The summed E-state index contributed by atoms with van der Waals surface area (Å²) in [6, 6.07) is 19.2. The van der Waals surface area contributed by atoms with Crippen LogP contribution in [-0.2, 0) is 16.1 Å². The second-order valence-corrected chi connectivity index (χ2v) is 12.9. The molecule has 0 aliphatic carbocycles. The van der Waals surface area contributed by atoms with Crippen molar-refractivity contribution in [2.24, 2.45) is 0 Å². The molecule has 1 atom stereocenters. The second-order valence-electron chi connectivity index (χ2n) is 9.83. The predicted molar refractivity (Wildman–Crippen MR) is 165 cm³/mol. The van der Waals surface area contributed by atoms with Crippen LogP contribution in [0.4, 0.5) is 10.8 Å². The lowest BCUT2D eigenvalue weighted by atomic mass is 9.84. The number of hydrogen-bond acceptors (Lipinski definition) is 8. The highest BCUT2D eigenvalue weighted by Crippen LogP contribution is 2.54. The molecule has 0 radical (unpaired) electrons. The van der Waals surface area contributed by atoms with Crippen molar-refractivity contribution in [2.45, 2.75) is 29.0 Å². The van der Waals surface area contributed by atoms with Gasteiger partial charge in [0.2, 0.25) is 10.9 Å². The maximum absolute atomic E-state index is 14.6. The number of halogens is 2. The van der Waals surface area contributed by atoms with Crippen molar-refractivity contribution in [3.63, 3.8) is 0 Å². The van der Waals surface area contributed by atoms with E-state index in [1.165, 1.54) is 16.7 Å². The number of aromatic nitrogens is 2. The third-order valence-electron chi connectivity index (χ3n) is 7.43. The van der Waals surface area contributed by atoms with Gasteiger partial charge in [-0.1, -0.05) is 89.6 Å². The molecule has 12 heteroatoms. The van der Waals surface area contributed by atoms with Gasteiger partial charge in [0.05, 0.1) is 16.6 Å². The van der Waals surface area contributed by atoms with Crippen LogP contribution in [0, 0.1) is 0 Å². The Morgan fingerprint density at radius 1 is 1.00 bits per heavy atom. The van der Waals surface area contributed by atoms with E-state index >= 15 is 0 Å². The van der Waals surface area contributed by atoms with Crippen molar-refractivity contribution in [2.75, 3.05) is 16.3 Å². The van der Waals surface area contributed by atoms with Crippen LogP contribution >= 0.6 is 46.3 Å². The van der Waals surface area contributed by atoms with E-state index in [2.05, 4.69) is 10.2 Å². The Hall–Kier alpha value is -3.70. The number of hydrogen-bond donors (Lipinski definition) is 0. The highest BCUT2D eigenvalue weighted by molar-refractivity contribution is 8.00. The fourth-order valence-corrected chi connectivity index (χ4v) is 8.14. The van der Waals surface area contributed by atoms with E-state index in [1.807, 2.05) is 25.1 Å². The minimum absolute atomic E-state index is 0.000368. The molecule has 0 fully saturated rings. The van der Waals surface area contributed by atoms with E-state index in [4.69, 9.17) is 27.6 Å². The van der Waals surface area contributed by atoms with Crippen LogP contribution in [0.5, 0.6) is 0 Å². The zero-order valence-corrected chi connectivity index (χ0v) is 25.1. The molecule has 2 aromatic heterocycles. The first-order valence-electron chi connectivity index (χ1n) is 13.1. The van der Waals surface area contributed by atoms with Crippen molar-refractivity contribution < 1.29 is 14.0 Å². The van der Waals surface area contributed by atoms with Crippen LogP contribution in [0.25, 0.3) is 11.0 Å². The Balaban J connectivity index is 1.41. The molecule has 1 unspecified atom stereocenters. The number of benzene rings is 3. The van der Waals surface area contributed by atoms with Gasteiger partial charge in [0.25, 0.3) is 11.8 Å². The zero-order chi connectivity index (χ0) is 29.2. The Kier molecular flexibility index (Phi) is 6.62. The van der Waals surface area contributed by atoms with Crippen molar-refractivity contribution in [3.8, 4) is 0 Å². The summed E-state index contributed by atoms with van der Waals surface area (Å²) in [5.41, 5.74) is 0.0727. The Bertz CT molecular complexity index is 1990. The second kappa shape index (κ2) is 10.2.